The van der Waals surface area contributed by atoms with Crippen molar-refractivity contribution in [2.45, 2.75) is 18.7 Å². The van der Waals surface area contributed by atoms with Crippen LogP contribution in [0.1, 0.15) is 49.1 Å². The summed E-state index contributed by atoms with van der Waals surface area (Å²) in [7, 11) is -3.39. The molecule has 0 aromatic heterocycles. The Balaban J connectivity index is 1.57. The summed E-state index contributed by atoms with van der Waals surface area (Å²) in [5.74, 6) is -1.27. The Morgan fingerprint density at radius 2 is 1.26 bits per heavy atom. The molecule has 0 saturated heterocycles. The van der Waals surface area contributed by atoms with E-state index in [4.69, 9.17) is 0 Å². The highest BCUT2D eigenvalue weighted by molar-refractivity contribution is 7.91. The standard InChI is InChI=1S/C30H26N2O5S/c1-3-38(36,37)23-16-14-22(15-17-23)29(34)31-26-12-8-7-11-24(26)30(35)32-27-18-13-20(2)19-25(27)28(33)21-9-5-4-6-10-21/h4-19H,3H2,1-2H3,(H,31,34)(H,32,35). The maximum Gasteiger partial charge on any atom is 0.257 e. The largest absolute Gasteiger partial charge is 0.321 e. The van der Waals surface area contributed by atoms with Gasteiger partial charge in [0.25, 0.3) is 11.8 Å². The molecule has 4 rings (SSSR count). The van der Waals surface area contributed by atoms with Crippen molar-refractivity contribution < 1.29 is 22.8 Å². The first kappa shape index (κ1) is 26.5. The molecule has 0 aliphatic heterocycles. The van der Waals surface area contributed by atoms with E-state index >= 15 is 0 Å². The van der Waals surface area contributed by atoms with E-state index in [1.807, 2.05) is 13.0 Å². The lowest BCUT2D eigenvalue weighted by Gasteiger charge is -2.14. The van der Waals surface area contributed by atoms with Crippen molar-refractivity contribution in [1.82, 2.24) is 0 Å². The van der Waals surface area contributed by atoms with Crippen LogP contribution < -0.4 is 10.6 Å². The predicted molar refractivity (Wildman–Crippen MR) is 148 cm³/mol. The predicted octanol–water partition coefficient (Wildman–Crippen LogP) is 5.52. The molecular weight excluding hydrogens is 500 g/mol. The number of benzene rings is 4. The zero-order valence-corrected chi connectivity index (χ0v) is 21.7. The molecule has 2 N–H and O–H groups in total. The molecule has 38 heavy (non-hydrogen) atoms. The highest BCUT2D eigenvalue weighted by atomic mass is 32.2. The van der Waals surface area contributed by atoms with Gasteiger partial charge in [0.1, 0.15) is 0 Å². The number of anilines is 2. The fourth-order valence-corrected chi connectivity index (χ4v) is 4.74. The number of sulfone groups is 1. The molecule has 0 unspecified atom stereocenters. The van der Waals surface area contributed by atoms with Gasteiger partial charge in [0.05, 0.1) is 27.6 Å². The second-order valence-corrected chi connectivity index (χ2v) is 10.9. The Kier molecular flexibility index (Phi) is 7.83. The summed E-state index contributed by atoms with van der Waals surface area (Å²) in [6, 6.07) is 26.1. The highest BCUT2D eigenvalue weighted by Gasteiger charge is 2.19. The topological polar surface area (TPSA) is 109 Å². The summed E-state index contributed by atoms with van der Waals surface area (Å²) in [6.07, 6.45) is 0. The maximum atomic E-state index is 13.3. The van der Waals surface area contributed by atoms with Crippen molar-refractivity contribution >= 4 is 38.8 Å². The van der Waals surface area contributed by atoms with Gasteiger partial charge in [-0.25, -0.2) is 8.42 Å². The van der Waals surface area contributed by atoms with Crippen molar-refractivity contribution in [1.29, 1.82) is 0 Å². The lowest BCUT2D eigenvalue weighted by molar-refractivity contribution is 0.102. The second kappa shape index (κ2) is 11.2. The lowest BCUT2D eigenvalue weighted by atomic mass is 9.99. The third kappa shape index (κ3) is 5.87. The molecule has 0 saturated carbocycles. The van der Waals surface area contributed by atoms with Gasteiger partial charge in [-0.05, 0) is 55.5 Å². The first-order chi connectivity index (χ1) is 18.2. The van der Waals surface area contributed by atoms with E-state index < -0.39 is 21.7 Å². The Bertz CT molecular complexity index is 1610. The molecule has 7 nitrogen and oxygen atoms in total. The zero-order chi connectivity index (χ0) is 27.3. The highest BCUT2D eigenvalue weighted by Crippen LogP contribution is 2.24. The van der Waals surface area contributed by atoms with Crippen LogP contribution in [0.15, 0.2) is 102 Å². The SMILES string of the molecule is CCS(=O)(=O)c1ccc(C(=O)Nc2ccccc2C(=O)Nc2ccc(C)cc2C(=O)c2ccccc2)cc1. The van der Waals surface area contributed by atoms with Gasteiger partial charge in [-0.1, -0.05) is 61.0 Å². The van der Waals surface area contributed by atoms with Gasteiger partial charge in [0.2, 0.25) is 0 Å². The molecule has 2 amide bonds. The fourth-order valence-electron chi connectivity index (χ4n) is 3.85. The van der Waals surface area contributed by atoms with E-state index in [1.54, 1.807) is 73.7 Å². The summed E-state index contributed by atoms with van der Waals surface area (Å²) in [5, 5.41) is 5.53. The quantitative estimate of drug-likeness (QED) is 0.294. The number of amides is 2. The minimum absolute atomic E-state index is 0.0410. The van der Waals surface area contributed by atoms with Crippen LogP contribution in [0.4, 0.5) is 11.4 Å². The number of hydrogen-bond acceptors (Lipinski definition) is 5. The van der Waals surface area contributed by atoms with E-state index in [0.717, 1.165) is 5.56 Å². The summed E-state index contributed by atoms with van der Waals surface area (Å²) < 4.78 is 24.1. The third-order valence-corrected chi connectivity index (χ3v) is 7.73. The molecular formula is C30H26N2O5S. The summed E-state index contributed by atoms with van der Waals surface area (Å²) in [5.41, 5.74) is 2.78. The fraction of sp³-hybridized carbons (Fsp3) is 0.100. The van der Waals surface area contributed by atoms with E-state index in [1.165, 1.54) is 24.3 Å². The monoisotopic (exact) mass is 526 g/mol. The molecule has 0 heterocycles. The molecule has 0 spiro atoms. The van der Waals surface area contributed by atoms with Crippen molar-refractivity contribution in [3.05, 3.63) is 125 Å². The maximum absolute atomic E-state index is 13.3. The zero-order valence-electron chi connectivity index (χ0n) is 20.9. The first-order valence-electron chi connectivity index (χ1n) is 11.9. The smallest absolute Gasteiger partial charge is 0.257 e. The van der Waals surface area contributed by atoms with Crippen molar-refractivity contribution in [3.8, 4) is 0 Å². The number of carbonyl (C=O) groups excluding carboxylic acids is 3. The number of ketones is 1. The molecule has 0 radical (unpaired) electrons. The molecule has 192 valence electrons. The van der Waals surface area contributed by atoms with Crippen LogP contribution in [0.5, 0.6) is 0 Å². The molecule has 0 aliphatic carbocycles. The van der Waals surface area contributed by atoms with Crippen LogP contribution in [0.2, 0.25) is 0 Å². The summed E-state index contributed by atoms with van der Waals surface area (Å²) in [6.45, 7) is 3.41. The number of para-hydroxylation sites is 1. The molecule has 0 aliphatic rings. The normalized spacial score (nSPS) is 11.0. The number of rotatable bonds is 8. The second-order valence-electron chi connectivity index (χ2n) is 8.63. The number of aryl methyl sites for hydroxylation is 1. The molecule has 4 aromatic rings. The Labute approximate surface area is 221 Å². The molecule has 4 aromatic carbocycles. The average molecular weight is 527 g/mol. The van der Waals surface area contributed by atoms with Crippen molar-refractivity contribution in [2.75, 3.05) is 16.4 Å². The Hall–Kier alpha value is -4.56. The number of nitrogens with one attached hydrogen (secondary N) is 2. The molecule has 0 atom stereocenters. The van der Waals surface area contributed by atoms with Crippen LogP contribution in [-0.4, -0.2) is 31.8 Å². The van der Waals surface area contributed by atoms with Gasteiger partial charge in [0, 0.05) is 16.7 Å². The molecule has 8 heteroatoms. The number of hydrogen-bond donors (Lipinski definition) is 2. The minimum atomic E-state index is -3.39. The van der Waals surface area contributed by atoms with Gasteiger partial charge in [0.15, 0.2) is 15.6 Å². The van der Waals surface area contributed by atoms with Crippen LogP contribution in [0, 0.1) is 6.92 Å². The van der Waals surface area contributed by atoms with Crippen LogP contribution >= 0.6 is 0 Å². The molecule has 0 fully saturated rings. The van der Waals surface area contributed by atoms with E-state index in [2.05, 4.69) is 10.6 Å². The van der Waals surface area contributed by atoms with Crippen LogP contribution in [0.3, 0.4) is 0 Å². The van der Waals surface area contributed by atoms with Gasteiger partial charge in [-0.3, -0.25) is 14.4 Å². The first-order valence-corrected chi connectivity index (χ1v) is 13.6. The summed E-state index contributed by atoms with van der Waals surface area (Å²) in [4.78, 5) is 39.5. The molecule has 0 bridgehead atoms. The van der Waals surface area contributed by atoms with Gasteiger partial charge < -0.3 is 10.6 Å². The van der Waals surface area contributed by atoms with Crippen LogP contribution in [0.25, 0.3) is 0 Å². The van der Waals surface area contributed by atoms with Gasteiger partial charge in [-0.15, -0.1) is 0 Å². The van der Waals surface area contributed by atoms with Gasteiger partial charge >= 0.3 is 0 Å². The van der Waals surface area contributed by atoms with E-state index in [-0.39, 0.29) is 33.2 Å². The van der Waals surface area contributed by atoms with Crippen molar-refractivity contribution in [2.24, 2.45) is 0 Å². The minimum Gasteiger partial charge on any atom is -0.321 e. The summed E-state index contributed by atoms with van der Waals surface area (Å²) >= 11 is 0. The van der Waals surface area contributed by atoms with Crippen LogP contribution in [-0.2, 0) is 9.84 Å². The lowest BCUT2D eigenvalue weighted by Crippen LogP contribution is -2.19. The Morgan fingerprint density at radius 3 is 1.95 bits per heavy atom. The van der Waals surface area contributed by atoms with E-state index in [0.29, 0.717) is 16.8 Å². The van der Waals surface area contributed by atoms with Crippen molar-refractivity contribution in [3.63, 3.8) is 0 Å². The third-order valence-electron chi connectivity index (χ3n) is 5.98. The Morgan fingerprint density at radius 1 is 0.658 bits per heavy atom. The average Bonchev–Trinajstić information content (AvgIpc) is 2.94. The number of carbonyl (C=O) groups is 3. The van der Waals surface area contributed by atoms with Gasteiger partial charge in [-0.2, -0.15) is 0 Å². The van der Waals surface area contributed by atoms with E-state index in [9.17, 15) is 22.8 Å².